The Morgan fingerprint density at radius 2 is 1.66 bits per heavy atom. The van der Waals surface area contributed by atoms with Crippen LogP contribution in [0, 0.1) is 11.3 Å². The molecule has 9 rings (SSSR count). The van der Waals surface area contributed by atoms with E-state index in [9.17, 15) is 24.6 Å². The number of anilines is 1. The molecular formula is C46H58N4O14S. The number of aromatic amines is 1. The van der Waals surface area contributed by atoms with Crippen molar-refractivity contribution >= 4 is 51.3 Å². The maximum Gasteiger partial charge on any atom is 0.394 e. The van der Waals surface area contributed by atoms with Gasteiger partial charge in [-0.15, -0.1) is 0 Å². The number of rotatable bonds is 8. The van der Waals surface area contributed by atoms with Gasteiger partial charge in [-0.05, 0) is 74.2 Å². The fourth-order valence-corrected chi connectivity index (χ4v) is 13.4. The second kappa shape index (κ2) is 16.5. The number of nitrogens with one attached hydrogen (secondary N) is 1. The molecule has 2 aromatic carbocycles. The van der Waals surface area contributed by atoms with Crippen LogP contribution in [0.2, 0.25) is 0 Å². The molecule has 352 valence electrons. The van der Waals surface area contributed by atoms with Crippen molar-refractivity contribution in [2.45, 2.75) is 99.5 Å². The lowest BCUT2D eigenvalue weighted by atomic mass is 9.47. The molecule has 3 fully saturated rings. The Balaban J connectivity index is 0.00000109. The van der Waals surface area contributed by atoms with Crippen LogP contribution in [-0.2, 0) is 61.0 Å². The van der Waals surface area contributed by atoms with Crippen LogP contribution in [0.4, 0.5) is 5.69 Å². The van der Waals surface area contributed by atoms with E-state index in [0.29, 0.717) is 99.5 Å². The van der Waals surface area contributed by atoms with Crippen molar-refractivity contribution in [1.29, 1.82) is 0 Å². The molecule has 6 aliphatic rings. The normalized spacial score (nSPS) is 34.6. The minimum absolute atomic E-state index is 0.155. The minimum Gasteiger partial charge on any atom is -0.496 e. The van der Waals surface area contributed by atoms with E-state index < -0.39 is 73.9 Å². The summed E-state index contributed by atoms with van der Waals surface area (Å²) in [6, 6.07) is 9.97. The highest BCUT2D eigenvalue weighted by Crippen LogP contribution is 2.68. The Labute approximate surface area is 377 Å². The van der Waals surface area contributed by atoms with E-state index in [-0.39, 0.29) is 12.3 Å². The molecule has 1 spiro atoms. The van der Waals surface area contributed by atoms with Crippen molar-refractivity contribution in [3.05, 3.63) is 70.9 Å². The first-order valence-corrected chi connectivity index (χ1v) is 23.4. The number of benzene rings is 2. The second-order valence-corrected chi connectivity index (χ2v) is 19.4. The van der Waals surface area contributed by atoms with Gasteiger partial charge in [0.2, 0.25) is 12.0 Å². The molecule has 65 heavy (non-hydrogen) atoms. The zero-order chi connectivity index (χ0) is 47.1. The van der Waals surface area contributed by atoms with Crippen LogP contribution in [0.25, 0.3) is 10.9 Å². The van der Waals surface area contributed by atoms with Crippen LogP contribution in [-0.4, -0.2) is 150 Å². The second-order valence-electron chi connectivity index (χ2n) is 18.6. The first kappa shape index (κ1) is 46.6. The zero-order valence-electron chi connectivity index (χ0n) is 37.4. The van der Waals surface area contributed by atoms with Gasteiger partial charge in [-0.25, -0.2) is 4.79 Å². The Hall–Kier alpha value is -4.89. The van der Waals surface area contributed by atoms with Gasteiger partial charge in [0.05, 0.1) is 38.7 Å². The van der Waals surface area contributed by atoms with Crippen molar-refractivity contribution in [1.82, 2.24) is 14.8 Å². The predicted molar refractivity (Wildman–Crippen MR) is 235 cm³/mol. The average molecular weight is 923 g/mol. The predicted octanol–water partition coefficient (Wildman–Crippen LogP) is 2.86. The highest BCUT2D eigenvalue weighted by molar-refractivity contribution is 7.79. The smallest absolute Gasteiger partial charge is 0.394 e. The van der Waals surface area contributed by atoms with Gasteiger partial charge < -0.3 is 39.0 Å². The zero-order valence-corrected chi connectivity index (χ0v) is 38.2. The van der Waals surface area contributed by atoms with Crippen molar-refractivity contribution in [2.24, 2.45) is 11.3 Å². The van der Waals surface area contributed by atoms with E-state index in [4.69, 9.17) is 36.5 Å². The molecule has 10 atom stereocenters. The lowest BCUT2D eigenvalue weighted by Crippen LogP contribution is -2.81. The summed E-state index contributed by atoms with van der Waals surface area (Å²) in [6.07, 6.45) is 5.83. The molecule has 1 saturated carbocycles. The van der Waals surface area contributed by atoms with Crippen molar-refractivity contribution in [3.8, 4) is 5.75 Å². The molecule has 5 N–H and O–H groups in total. The Morgan fingerprint density at radius 1 is 0.954 bits per heavy atom. The quantitative estimate of drug-likeness (QED) is 0.0717. The molecular weight excluding hydrogens is 865 g/mol. The maximum atomic E-state index is 15.3. The molecule has 19 heteroatoms. The van der Waals surface area contributed by atoms with E-state index in [0.717, 1.165) is 16.5 Å². The molecule has 0 radical (unpaired) electrons. The molecule has 1 aromatic heterocycles. The largest absolute Gasteiger partial charge is 0.496 e. The average Bonchev–Trinajstić information content (AvgIpc) is 3.95. The minimum atomic E-state index is -4.67. The highest BCUT2D eigenvalue weighted by atomic mass is 32.3. The Morgan fingerprint density at radius 3 is 2.29 bits per heavy atom. The fraction of sp³-hybridized carbons (Fsp3) is 0.565. The third-order valence-electron chi connectivity index (χ3n) is 15.5. The summed E-state index contributed by atoms with van der Waals surface area (Å²) in [5.41, 5.74) is -3.15. The summed E-state index contributed by atoms with van der Waals surface area (Å²) in [5.74, 6) is -2.06. The van der Waals surface area contributed by atoms with E-state index in [1.165, 1.54) is 33.2 Å². The van der Waals surface area contributed by atoms with Crippen LogP contribution < -0.4 is 9.64 Å². The molecule has 2 saturated heterocycles. The topological polar surface area (TPSA) is 246 Å². The van der Waals surface area contributed by atoms with Crippen LogP contribution in [0.3, 0.4) is 0 Å². The first-order valence-electron chi connectivity index (χ1n) is 22.0. The summed E-state index contributed by atoms with van der Waals surface area (Å²) in [6.45, 7) is 8.16. The number of hydrogen-bond donors (Lipinski definition) is 5. The third-order valence-corrected chi connectivity index (χ3v) is 15.5. The number of H-pyrrole nitrogens is 1. The summed E-state index contributed by atoms with van der Waals surface area (Å²) in [5, 5.41) is 26.3. The number of para-hydroxylation sites is 1. The maximum absolute atomic E-state index is 15.3. The Kier molecular flexibility index (Phi) is 11.8. The number of aliphatic hydroxyl groups is 2. The van der Waals surface area contributed by atoms with Gasteiger partial charge in [0.15, 0.2) is 6.10 Å². The van der Waals surface area contributed by atoms with Gasteiger partial charge in [0, 0.05) is 78.2 Å². The number of carbonyl (C=O) groups excluding carboxylic acids is 4. The molecule has 18 nitrogen and oxygen atoms in total. The molecule has 1 amide bonds. The summed E-state index contributed by atoms with van der Waals surface area (Å²) >= 11 is 0. The monoisotopic (exact) mass is 922 g/mol. The summed E-state index contributed by atoms with van der Waals surface area (Å²) < 4.78 is 55.3. The van der Waals surface area contributed by atoms with Gasteiger partial charge >= 0.3 is 28.3 Å². The number of amides is 1. The van der Waals surface area contributed by atoms with Crippen LogP contribution in [0.5, 0.6) is 5.75 Å². The number of ether oxygens (including phenoxy) is 4. The van der Waals surface area contributed by atoms with Crippen LogP contribution in [0.1, 0.15) is 75.3 Å². The van der Waals surface area contributed by atoms with Crippen LogP contribution >= 0.6 is 0 Å². The van der Waals surface area contributed by atoms with Gasteiger partial charge in [0.25, 0.3) is 0 Å². The van der Waals surface area contributed by atoms with Crippen molar-refractivity contribution < 1.29 is 65.9 Å². The lowest BCUT2D eigenvalue weighted by molar-refractivity contribution is -0.228. The highest BCUT2D eigenvalue weighted by Gasteiger charge is 2.81. The van der Waals surface area contributed by atoms with Gasteiger partial charge in [-0.2, -0.15) is 8.42 Å². The van der Waals surface area contributed by atoms with Gasteiger partial charge in [-0.3, -0.25) is 33.3 Å². The lowest BCUT2D eigenvalue weighted by Gasteiger charge is -2.63. The number of nitrogens with zero attached hydrogens (tertiary/aromatic N) is 3. The number of esters is 3. The number of aromatic nitrogens is 1. The van der Waals surface area contributed by atoms with Gasteiger partial charge in [0.1, 0.15) is 11.2 Å². The van der Waals surface area contributed by atoms with E-state index in [2.05, 4.69) is 20.9 Å². The van der Waals surface area contributed by atoms with E-state index in [1.54, 1.807) is 6.07 Å². The van der Waals surface area contributed by atoms with Gasteiger partial charge in [-0.1, -0.05) is 44.2 Å². The molecule has 6 heterocycles. The SMILES string of the molecule is CC[C@]1(O)CC2CN(CCc3c([nH]c4ccccc34)[C@@](C(=O)OC)(c3cc4c(cc3OC)N(C=O)C3[C@@](O)(C(=O)OC)C(OC(C)=O)[C@]5(CC)C=CCN6CC[C@]43C65)C2)C1.O=S(=O)(O)O. The molecule has 5 unspecified atom stereocenters. The van der Waals surface area contributed by atoms with Crippen LogP contribution in [0.15, 0.2) is 48.6 Å². The summed E-state index contributed by atoms with van der Waals surface area (Å²) in [4.78, 5) is 66.1. The van der Waals surface area contributed by atoms with Crippen molar-refractivity contribution in [2.75, 3.05) is 59.0 Å². The number of methoxy groups -OCH3 is 3. The standard InChI is InChI=1S/C46H56N4O10.H2O4S/c1-7-42(55)22-28-23-45(40(53)58-5,36-30(14-18-48(24-28)25-42)29-12-9-10-13-33(29)47-36)32-20-31-34(21-35(32)57-4)50(26-51)38-44(31)16-19-49-17-11-15-43(8-2,37(44)49)39(60-27(3)52)46(38,56)41(54)59-6;1-5(2,3)4/h9-13,15,20-21,26,28,37-39,47,55-56H,7-8,14,16-19,22-25H2,1-6H3;(H2,1,2,3,4)/t28?,37?,38?,39?,42-,43+,44+,45-,46-;/m0./s1. The Bertz CT molecular complexity index is 2560. The van der Waals surface area contributed by atoms with E-state index in [1.807, 2.05) is 50.3 Å². The molecule has 1 aliphatic carbocycles. The number of piperidine rings is 1. The molecule has 3 aromatic rings. The fourth-order valence-electron chi connectivity index (χ4n) is 13.4. The molecule has 2 bridgehead atoms. The molecule has 5 aliphatic heterocycles. The number of carbonyl (C=O) groups is 4. The number of hydrogen-bond acceptors (Lipinski definition) is 14. The van der Waals surface area contributed by atoms with Crippen molar-refractivity contribution in [3.63, 3.8) is 0 Å². The third kappa shape index (κ3) is 6.90. The summed E-state index contributed by atoms with van der Waals surface area (Å²) in [7, 11) is -0.577. The first-order chi connectivity index (χ1) is 30.8. The number of fused-ring (bicyclic) bond motifs is 6. The van der Waals surface area contributed by atoms with E-state index >= 15 is 4.79 Å².